The smallest absolute Gasteiger partial charge is 0.329 e. The lowest BCUT2D eigenvalue weighted by Crippen LogP contribution is -2.64. The highest BCUT2D eigenvalue weighted by atomic mass is 16.7. The Morgan fingerprint density at radius 1 is 0.617 bits per heavy atom. The maximum atomic E-state index is 14.8. The number of piperidine rings is 1. The number of ketones is 2. The second-order valence-electron chi connectivity index (χ2n) is 35.4. The second kappa shape index (κ2) is 59.8. The molecule has 3 fully saturated rings. The van der Waals surface area contributed by atoms with E-state index in [-0.39, 0.29) is 98.8 Å². The number of aliphatic hydroxyl groups is 2. The number of rotatable bonds is 54. The predicted octanol–water partition coefficient (Wildman–Crippen LogP) is 20.3. The molecule has 115 heavy (non-hydrogen) atoms. The molecule has 2 saturated heterocycles. The summed E-state index contributed by atoms with van der Waals surface area (Å²) in [6.45, 7) is 21.4. The van der Waals surface area contributed by atoms with E-state index in [4.69, 9.17) is 42.6 Å². The highest BCUT2D eigenvalue weighted by Gasteiger charge is 2.57. The molecule has 662 valence electrons. The number of cyclic esters (lactones) is 1. The molecule has 1 saturated carbocycles. The zero-order valence-electron chi connectivity index (χ0n) is 74.2. The number of hydrogen-bond acceptors (Lipinski definition) is 19. The summed E-state index contributed by atoms with van der Waals surface area (Å²) in [6.07, 6.45) is 44.5. The highest BCUT2D eigenvalue weighted by molar-refractivity contribution is 6.39. The van der Waals surface area contributed by atoms with Crippen LogP contribution in [0.15, 0.2) is 36.0 Å². The number of Topliss-reactive ketones (excluding diaryl/α,β-unsaturated/α-hetero) is 2. The Hall–Kier alpha value is -4.86. The van der Waals surface area contributed by atoms with Crippen LogP contribution in [-0.2, 0) is 81.0 Å². The van der Waals surface area contributed by atoms with Crippen molar-refractivity contribution in [3.8, 4) is 0 Å². The molecule has 4 rings (SSSR count). The van der Waals surface area contributed by atoms with Crippen molar-refractivity contribution in [2.45, 2.75) is 438 Å². The molecule has 3 heterocycles. The number of ether oxygens (including phenoxy) is 9. The first-order valence-electron chi connectivity index (χ1n) is 46.3. The number of esters is 5. The number of nitrogens with zero attached hydrogens (tertiary/aromatic N) is 1. The molecule has 20 nitrogen and oxygen atoms in total. The van der Waals surface area contributed by atoms with Gasteiger partial charge in [0.2, 0.25) is 5.79 Å². The summed E-state index contributed by atoms with van der Waals surface area (Å²) in [6, 6.07) is -1.20. The van der Waals surface area contributed by atoms with Gasteiger partial charge in [-0.25, -0.2) is 4.79 Å². The van der Waals surface area contributed by atoms with E-state index >= 15 is 0 Å². The lowest BCUT2D eigenvalue weighted by Gasteiger charge is -2.47. The van der Waals surface area contributed by atoms with Gasteiger partial charge in [0, 0.05) is 71.3 Å². The van der Waals surface area contributed by atoms with Crippen molar-refractivity contribution in [1.82, 2.24) is 4.90 Å². The zero-order chi connectivity index (χ0) is 84.3. The second-order valence-corrected chi connectivity index (χ2v) is 35.4. The van der Waals surface area contributed by atoms with Gasteiger partial charge in [-0.15, -0.1) is 6.58 Å². The number of carbonyl (C=O) groups is 8. The summed E-state index contributed by atoms with van der Waals surface area (Å²) in [4.78, 5) is 112. The summed E-state index contributed by atoms with van der Waals surface area (Å²) in [5.74, 6) is -9.75. The van der Waals surface area contributed by atoms with Gasteiger partial charge in [0.25, 0.3) is 11.7 Å². The first-order valence-corrected chi connectivity index (χ1v) is 46.3. The Balaban J connectivity index is 1.26. The number of amides is 1. The Morgan fingerprint density at radius 3 is 1.63 bits per heavy atom. The molecule has 20 heteroatoms. The quantitative estimate of drug-likeness (QED) is 0.0188. The fraction of sp³-hybridized carbons (Fsp3) is 0.853. The lowest BCUT2D eigenvalue weighted by atomic mass is 9.81. The number of unbranched alkanes of at least 4 members (excludes halogenated alkanes) is 30. The molecule has 2 N–H and O–H groups in total. The van der Waals surface area contributed by atoms with Crippen LogP contribution in [0, 0.1) is 41.4 Å². The molecular weight excluding hydrogens is 1460 g/mol. The first-order chi connectivity index (χ1) is 55.3. The largest absolute Gasteiger partial charge is 0.462 e. The van der Waals surface area contributed by atoms with Crippen molar-refractivity contribution in [1.29, 1.82) is 0 Å². The van der Waals surface area contributed by atoms with Gasteiger partial charge < -0.3 is 57.7 Å². The molecule has 4 aliphatic rings. The standard InChI is InChI=1S/C95H163NO19/c1-14-17-19-21-23-25-27-29-31-33-38-42-46-54-86(99)110-67-78(68-111-87(100)55-47-43-39-34-32-30-28-26-24-22-20-18-15-2)112-88(101)62-69(4)51-44-40-36-35-37-41-45-52-72(7)93(104)113-82-57-56-76(65-83(82)107-11)63-73(8)89-75(10)80(97)66-81(98)77(50-16-3)60-70(5)59-71(6)61-84(108-12)90-85(109-13)64-74(9)95(106,115-90)91(102)92(103)96-58-49-48-53-79(96)94(105)114-89/h16,60,63,69,71-72,74-80,82-85,89-90,97,106H,3,14-15,17-59,61-62,64-68H2,1-2,4-13H3/b70-60+,73-63+/t69?,71-,72?,74+,75+,76-,77+,79-,80-,82+,83+,84-,85-,89+,90?,95+/m0/s1. The van der Waals surface area contributed by atoms with Crippen molar-refractivity contribution in [3.05, 3.63) is 36.0 Å². The molecular formula is C95H163NO19. The highest BCUT2D eigenvalue weighted by Crippen LogP contribution is 2.40. The van der Waals surface area contributed by atoms with Gasteiger partial charge in [0.05, 0.1) is 30.3 Å². The van der Waals surface area contributed by atoms with Gasteiger partial charge >= 0.3 is 29.8 Å². The van der Waals surface area contributed by atoms with E-state index in [2.05, 4.69) is 27.4 Å². The van der Waals surface area contributed by atoms with E-state index in [0.717, 1.165) is 95.5 Å². The Bertz CT molecular complexity index is 2780. The predicted molar refractivity (Wildman–Crippen MR) is 453 cm³/mol. The normalized spacial score (nSPS) is 26.7. The third kappa shape index (κ3) is 39.9. The topological polar surface area (TPSA) is 263 Å². The monoisotopic (exact) mass is 1620 g/mol. The number of hydrogen-bond donors (Lipinski definition) is 2. The van der Waals surface area contributed by atoms with Crippen LogP contribution < -0.4 is 0 Å². The van der Waals surface area contributed by atoms with E-state index in [9.17, 15) is 48.6 Å². The molecule has 3 unspecified atom stereocenters. The maximum absolute atomic E-state index is 14.8. The summed E-state index contributed by atoms with van der Waals surface area (Å²) in [5.41, 5.74) is 1.55. The van der Waals surface area contributed by atoms with Crippen molar-refractivity contribution in [2.75, 3.05) is 41.1 Å². The molecule has 2 bridgehead atoms. The third-order valence-corrected chi connectivity index (χ3v) is 25.0. The fourth-order valence-electron chi connectivity index (χ4n) is 17.6. The van der Waals surface area contributed by atoms with Crippen LogP contribution in [0.4, 0.5) is 0 Å². The molecule has 0 radical (unpaired) electrons. The third-order valence-electron chi connectivity index (χ3n) is 25.0. The number of aliphatic hydroxyl groups excluding tert-OH is 1. The average Bonchev–Trinajstić information content (AvgIpc) is 0.836. The van der Waals surface area contributed by atoms with Gasteiger partial charge in [0.15, 0.2) is 6.10 Å². The summed E-state index contributed by atoms with van der Waals surface area (Å²) in [5, 5.41) is 24.4. The Labute approximate surface area is 696 Å². The van der Waals surface area contributed by atoms with Crippen LogP contribution in [0.25, 0.3) is 0 Å². The van der Waals surface area contributed by atoms with Crippen LogP contribution in [-0.4, -0.2) is 164 Å². The van der Waals surface area contributed by atoms with E-state index in [1.807, 2.05) is 39.8 Å². The van der Waals surface area contributed by atoms with Crippen molar-refractivity contribution >= 4 is 47.3 Å². The van der Waals surface area contributed by atoms with Crippen LogP contribution in [0.1, 0.15) is 377 Å². The van der Waals surface area contributed by atoms with Gasteiger partial charge in [-0.05, 0) is 121 Å². The van der Waals surface area contributed by atoms with Crippen molar-refractivity contribution < 1.29 is 91.2 Å². The Kier molecular flexibility index (Phi) is 53.3. The van der Waals surface area contributed by atoms with Gasteiger partial charge in [-0.1, -0.05) is 278 Å². The van der Waals surface area contributed by atoms with E-state index < -0.39 is 96.1 Å². The number of allylic oxidation sites excluding steroid dienone is 4. The molecule has 16 atom stereocenters. The molecule has 3 aliphatic heterocycles. The fourth-order valence-corrected chi connectivity index (χ4v) is 17.6. The zero-order valence-corrected chi connectivity index (χ0v) is 74.2. The van der Waals surface area contributed by atoms with Crippen LogP contribution in [0.3, 0.4) is 0 Å². The summed E-state index contributed by atoms with van der Waals surface area (Å²) in [7, 11) is 4.66. The Morgan fingerprint density at radius 2 is 1.11 bits per heavy atom. The van der Waals surface area contributed by atoms with Crippen LogP contribution in [0.2, 0.25) is 0 Å². The molecule has 1 amide bonds. The molecule has 0 aromatic rings. The number of methoxy groups -OCH3 is 3. The van der Waals surface area contributed by atoms with Crippen LogP contribution >= 0.6 is 0 Å². The minimum atomic E-state index is -2.56. The minimum Gasteiger partial charge on any atom is -0.462 e. The molecule has 1 aliphatic carbocycles. The summed E-state index contributed by atoms with van der Waals surface area (Å²) >= 11 is 0. The average molecular weight is 1620 g/mol. The summed E-state index contributed by atoms with van der Waals surface area (Å²) < 4.78 is 54.0. The van der Waals surface area contributed by atoms with E-state index in [0.29, 0.717) is 76.2 Å². The van der Waals surface area contributed by atoms with Gasteiger partial charge in [-0.3, -0.25) is 33.6 Å². The van der Waals surface area contributed by atoms with Crippen LogP contribution in [0.5, 0.6) is 0 Å². The maximum Gasteiger partial charge on any atom is 0.329 e. The van der Waals surface area contributed by atoms with Crippen molar-refractivity contribution in [3.63, 3.8) is 0 Å². The molecule has 0 spiro atoms. The molecule has 0 aromatic heterocycles. The van der Waals surface area contributed by atoms with Crippen molar-refractivity contribution in [2.24, 2.45) is 41.4 Å². The minimum absolute atomic E-state index is 0.0271. The molecule has 0 aromatic carbocycles. The number of carbonyl (C=O) groups excluding carboxylic acids is 8. The van der Waals surface area contributed by atoms with E-state index in [1.165, 1.54) is 148 Å². The number of fused-ring (bicyclic) bond motifs is 3. The lowest BCUT2D eigenvalue weighted by molar-refractivity contribution is -0.302. The van der Waals surface area contributed by atoms with Gasteiger partial charge in [-0.2, -0.15) is 0 Å². The van der Waals surface area contributed by atoms with Gasteiger partial charge in [0.1, 0.15) is 43.4 Å². The van der Waals surface area contributed by atoms with E-state index in [1.54, 1.807) is 27.0 Å². The first kappa shape index (κ1) is 102. The SMILES string of the molecule is C=CC[C@@H]1/C=C(\C)C[C@H](C)C[C@H](OC)C2O[C@@](O)(C(=O)C(=O)N3CCCC[C@H]3C(=O)O[C@H](/C(C)=C/[C@@H]3CC[C@@H](OC(=O)C(C)CCCCCCCCCC(C)CC(=O)OC(COC(=O)CCCCCCCCCCCCCCC)COC(=O)CCCCCCCCCCCCCCC)[C@H](OC)C3)[C@H](C)[C@@H](O)CC1=O)[C@H](C)C[C@@H]2OC.